The number of benzene rings is 1. The van der Waals surface area contributed by atoms with Crippen LogP contribution in [0.5, 0.6) is 0 Å². The molecule has 0 saturated heterocycles. The Hall–Kier alpha value is -1.24. The first-order valence-corrected chi connectivity index (χ1v) is 3.97. The largest absolute Gasteiger partial charge is 0.361 e. The highest BCUT2D eigenvalue weighted by Crippen LogP contribution is 2.16. The van der Waals surface area contributed by atoms with E-state index in [1.54, 1.807) is 0 Å². The van der Waals surface area contributed by atoms with E-state index in [4.69, 9.17) is 0 Å². The summed E-state index contributed by atoms with van der Waals surface area (Å²) in [5, 5.41) is 1.31. The SMILES string of the molecule is C.CCc1cccc2cc[nH]c12. The molecular weight excluding hydrogens is 146 g/mol. The van der Waals surface area contributed by atoms with Crippen molar-refractivity contribution in [3.8, 4) is 0 Å². The summed E-state index contributed by atoms with van der Waals surface area (Å²) in [6.45, 7) is 2.18. The molecule has 0 fully saturated rings. The number of aromatic nitrogens is 1. The second-order valence-corrected chi connectivity index (χ2v) is 2.71. The van der Waals surface area contributed by atoms with Crippen molar-refractivity contribution in [2.24, 2.45) is 0 Å². The number of fused-ring (bicyclic) bond motifs is 1. The van der Waals surface area contributed by atoms with E-state index < -0.39 is 0 Å². The normalized spacial score (nSPS) is 9.75. The van der Waals surface area contributed by atoms with Gasteiger partial charge in [-0.2, -0.15) is 0 Å². The Morgan fingerprint density at radius 2 is 2.08 bits per heavy atom. The van der Waals surface area contributed by atoms with Crippen LogP contribution in [0.25, 0.3) is 10.9 Å². The molecule has 1 heterocycles. The first-order chi connectivity index (χ1) is 5.42. The van der Waals surface area contributed by atoms with E-state index in [-0.39, 0.29) is 7.43 Å². The van der Waals surface area contributed by atoms with Gasteiger partial charge in [0.05, 0.1) is 0 Å². The van der Waals surface area contributed by atoms with Crippen LogP contribution < -0.4 is 0 Å². The average molecular weight is 161 g/mol. The first kappa shape index (κ1) is 8.85. The van der Waals surface area contributed by atoms with Crippen molar-refractivity contribution in [1.82, 2.24) is 4.98 Å². The smallest absolute Gasteiger partial charge is 0.0486 e. The number of aromatic amines is 1. The van der Waals surface area contributed by atoms with Gasteiger partial charge in [0.15, 0.2) is 0 Å². The summed E-state index contributed by atoms with van der Waals surface area (Å²) in [5.41, 5.74) is 2.68. The molecule has 1 N–H and O–H groups in total. The fraction of sp³-hybridized carbons (Fsp3) is 0.273. The minimum absolute atomic E-state index is 0. The Labute approximate surface area is 73.4 Å². The highest BCUT2D eigenvalue weighted by atomic mass is 14.7. The molecule has 64 valence electrons. The van der Waals surface area contributed by atoms with Gasteiger partial charge in [-0.1, -0.05) is 32.5 Å². The Bertz CT molecular complexity index is 360. The lowest BCUT2D eigenvalue weighted by molar-refractivity contribution is 1.15. The van der Waals surface area contributed by atoms with Crippen LogP contribution in [0.4, 0.5) is 0 Å². The standard InChI is InChI=1S/C10H11N.CH4/c1-2-8-4-3-5-9-6-7-11-10(8)9;/h3-7,11H,2H2,1H3;1H4. The van der Waals surface area contributed by atoms with Gasteiger partial charge in [-0.15, -0.1) is 0 Å². The third-order valence-corrected chi connectivity index (χ3v) is 2.05. The summed E-state index contributed by atoms with van der Waals surface area (Å²) < 4.78 is 0. The molecule has 0 saturated carbocycles. The van der Waals surface area contributed by atoms with Gasteiger partial charge in [0.1, 0.15) is 0 Å². The fourth-order valence-corrected chi connectivity index (χ4v) is 1.44. The second-order valence-electron chi connectivity index (χ2n) is 2.71. The van der Waals surface area contributed by atoms with E-state index in [9.17, 15) is 0 Å². The Balaban J connectivity index is 0.000000720. The van der Waals surface area contributed by atoms with Gasteiger partial charge in [0.25, 0.3) is 0 Å². The van der Waals surface area contributed by atoms with E-state index >= 15 is 0 Å². The Kier molecular flexibility index (Phi) is 2.54. The van der Waals surface area contributed by atoms with Crippen molar-refractivity contribution in [2.75, 3.05) is 0 Å². The molecule has 1 heteroatoms. The monoisotopic (exact) mass is 161 g/mol. The molecular formula is C11H15N. The lowest BCUT2D eigenvalue weighted by Gasteiger charge is -1.97. The molecule has 0 amide bonds. The van der Waals surface area contributed by atoms with E-state index in [2.05, 4.69) is 36.2 Å². The highest BCUT2D eigenvalue weighted by Gasteiger charge is 1.97. The number of aryl methyl sites for hydroxylation is 1. The molecule has 1 aromatic carbocycles. The predicted molar refractivity (Wildman–Crippen MR) is 54.4 cm³/mol. The lowest BCUT2D eigenvalue weighted by atomic mass is 10.1. The zero-order valence-corrected chi connectivity index (χ0v) is 6.59. The summed E-state index contributed by atoms with van der Waals surface area (Å²) >= 11 is 0. The van der Waals surface area contributed by atoms with Crippen LogP contribution in [-0.2, 0) is 6.42 Å². The van der Waals surface area contributed by atoms with E-state index in [1.165, 1.54) is 16.5 Å². The maximum Gasteiger partial charge on any atom is 0.0486 e. The number of nitrogens with one attached hydrogen (secondary N) is 1. The molecule has 2 rings (SSSR count). The minimum Gasteiger partial charge on any atom is -0.361 e. The van der Waals surface area contributed by atoms with Crippen LogP contribution in [0.1, 0.15) is 19.9 Å². The molecule has 2 aromatic rings. The summed E-state index contributed by atoms with van der Waals surface area (Å²) in [5.74, 6) is 0. The number of hydrogen-bond donors (Lipinski definition) is 1. The Morgan fingerprint density at radius 1 is 1.25 bits per heavy atom. The molecule has 0 unspecified atom stereocenters. The van der Waals surface area contributed by atoms with E-state index in [0.717, 1.165) is 6.42 Å². The van der Waals surface area contributed by atoms with Gasteiger partial charge in [0, 0.05) is 11.7 Å². The van der Waals surface area contributed by atoms with Gasteiger partial charge in [-0.25, -0.2) is 0 Å². The van der Waals surface area contributed by atoms with E-state index in [0.29, 0.717) is 0 Å². The highest BCUT2D eigenvalue weighted by molar-refractivity contribution is 5.82. The average Bonchev–Trinajstić information content (AvgIpc) is 2.50. The van der Waals surface area contributed by atoms with Crippen molar-refractivity contribution in [1.29, 1.82) is 0 Å². The van der Waals surface area contributed by atoms with Crippen LogP contribution in [0, 0.1) is 0 Å². The number of H-pyrrole nitrogens is 1. The molecule has 0 atom stereocenters. The maximum absolute atomic E-state index is 3.24. The molecule has 0 radical (unpaired) electrons. The molecule has 12 heavy (non-hydrogen) atoms. The molecule has 1 nitrogen and oxygen atoms in total. The zero-order chi connectivity index (χ0) is 7.68. The minimum atomic E-state index is 0. The third-order valence-electron chi connectivity index (χ3n) is 2.05. The quantitative estimate of drug-likeness (QED) is 0.660. The molecule has 0 aliphatic heterocycles. The summed E-state index contributed by atoms with van der Waals surface area (Å²) in [6.07, 6.45) is 3.08. The van der Waals surface area contributed by atoms with Crippen molar-refractivity contribution < 1.29 is 0 Å². The fourth-order valence-electron chi connectivity index (χ4n) is 1.44. The van der Waals surface area contributed by atoms with Crippen LogP contribution >= 0.6 is 0 Å². The van der Waals surface area contributed by atoms with Crippen LogP contribution in [0.3, 0.4) is 0 Å². The van der Waals surface area contributed by atoms with Gasteiger partial charge in [-0.3, -0.25) is 0 Å². The maximum atomic E-state index is 3.24. The number of rotatable bonds is 1. The number of hydrogen-bond acceptors (Lipinski definition) is 0. The molecule has 1 aromatic heterocycles. The van der Waals surface area contributed by atoms with Gasteiger partial charge < -0.3 is 4.98 Å². The van der Waals surface area contributed by atoms with Crippen LogP contribution in [-0.4, -0.2) is 4.98 Å². The summed E-state index contributed by atoms with van der Waals surface area (Å²) in [6, 6.07) is 8.51. The van der Waals surface area contributed by atoms with Crippen molar-refractivity contribution in [3.63, 3.8) is 0 Å². The van der Waals surface area contributed by atoms with Gasteiger partial charge in [0.2, 0.25) is 0 Å². The predicted octanol–water partition coefficient (Wildman–Crippen LogP) is 3.37. The topological polar surface area (TPSA) is 15.8 Å². The lowest BCUT2D eigenvalue weighted by Crippen LogP contribution is -1.80. The molecule has 0 aliphatic rings. The van der Waals surface area contributed by atoms with E-state index in [1.807, 2.05) is 6.20 Å². The van der Waals surface area contributed by atoms with Crippen molar-refractivity contribution >= 4 is 10.9 Å². The molecule has 0 bridgehead atoms. The van der Waals surface area contributed by atoms with Gasteiger partial charge >= 0.3 is 0 Å². The summed E-state index contributed by atoms with van der Waals surface area (Å²) in [4.78, 5) is 3.24. The second kappa shape index (κ2) is 3.44. The Morgan fingerprint density at radius 3 is 2.83 bits per heavy atom. The molecule has 0 spiro atoms. The van der Waals surface area contributed by atoms with Crippen LogP contribution in [0.2, 0.25) is 0 Å². The molecule has 0 aliphatic carbocycles. The zero-order valence-electron chi connectivity index (χ0n) is 6.59. The first-order valence-electron chi connectivity index (χ1n) is 3.97. The van der Waals surface area contributed by atoms with Crippen molar-refractivity contribution in [3.05, 3.63) is 36.0 Å². The van der Waals surface area contributed by atoms with Gasteiger partial charge in [-0.05, 0) is 23.4 Å². The third kappa shape index (κ3) is 1.22. The summed E-state index contributed by atoms with van der Waals surface area (Å²) in [7, 11) is 0. The number of para-hydroxylation sites is 1. The van der Waals surface area contributed by atoms with Crippen LogP contribution in [0.15, 0.2) is 30.5 Å². The van der Waals surface area contributed by atoms with Crippen molar-refractivity contribution in [2.45, 2.75) is 20.8 Å².